The van der Waals surface area contributed by atoms with Crippen molar-refractivity contribution in [2.24, 2.45) is 0 Å². The molecule has 1 aliphatic heterocycles. The van der Waals surface area contributed by atoms with Crippen LogP contribution in [0.5, 0.6) is 0 Å². The summed E-state index contributed by atoms with van der Waals surface area (Å²) in [4.78, 5) is 24.5. The minimum absolute atomic E-state index is 0.00341. The Balaban J connectivity index is 1.86. The summed E-state index contributed by atoms with van der Waals surface area (Å²) >= 11 is 0. The number of aliphatic hydroxyl groups is 1. The molecule has 0 saturated carbocycles. The zero-order valence-corrected chi connectivity index (χ0v) is 14.9. The zero-order valence-electron chi connectivity index (χ0n) is 14.9. The van der Waals surface area contributed by atoms with Crippen molar-refractivity contribution in [3.8, 4) is 0 Å². The fourth-order valence-corrected chi connectivity index (χ4v) is 2.50. The van der Waals surface area contributed by atoms with Crippen LogP contribution in [0, 0.1) is 5.82 Å². The summed E-state index contributed by atoms with van der Waals surface area (Å²) in [6.07, 6.45) is -1.34. The molecule has 7 nitrogen and oxygen atoms in total. The molecule has 1 aromatic rings. The lowest BCUT2D eigenvalue weighted by Crippen LogP contribution is -2.39. The first-order valence-corrected chi connectivity index (χ1v) is 8.04. The Morgan fingerprint density at radius 1 is 1.40 bits per heavy atom. The molecule has 1 atom stereocenters. The van der Waals surface area contributed by atoms with E-state index >= 15 is 0 Å². The number of anilines is 2. The standard InChI is InChI=1S/C17H24FN3O4/c1-17(2,3)25-16(24)20-9-12(22)8-19-11-5-10-6-14(23)21(4)15(10)13(18)7-11/h5,7,12,19,22H,6,8-9H2,1-4H3,(H,20,24)/t12-/m1/s1. The highest BCUT2D eigenvalue weighted by Crippen LogP contribution is 2.33. The van der Waals surface area contributed by atoms with Crippen molar-refractivity contribution in [2.75, 3.05) is 30.4 Å². The van der Waals surface area contributed by atoms with E-state index in [-0.39, 0.29) is 25.4 Å². The van der Waals surface area contributed by atoms with E-state index in [1.54, 1.807) is 26.8 Å². The van der Waals surface area contributed by atoms with E-state index in [1.807, 2.05) is 0 Å². The third-order valence-electron chi connectivity index (χ3n) is 3.62. The second-order valence-electron chi connectivity index (χ2n) is 7.01. The van der Waals surface area contributed by atoms with Gasteiger partial charge in [0.25, 0.3) is 0 Å². The third-order valence-corrected chi connectivity index (χ3v) is 3.62. The SMILES string of the molecule is CN1C(=O)Cc2cc(NC[C@@H](O)CNC(=O)OC(C)(C)C)cc(F)c21. The number of ether oxygens (including phenoxy) is 1. The van der Waals surface area contributed by atoms with Crippen molar-refractivity contribution in [2.45, 2.75) is 38.9 Å². The van der Waals surface area contributed by atoms with Crippen LogP contribution in [0.15, 0.2) is 12.1 Å². The minimum Gasteiger partial charge on any atom is -0.444 e. The predicted octanol–water partition coefficient (Wildman–Crippen LogP) is 1.64. The molecular formula is C17H24FN3O4. The van der Waals surface area contributed by atoms with Crippen LogP contribution in [0.25, 0.3) is 0 Å². The average molecular weight is 353 g/mol. The van der Waals surface area contributed by atoms with Crippen LogP contribution < -0.4 is 15.5 Å². The maximum absolute atomic E-state index is 14.1. The maximum atomic E-state index is 14.1. The van der Waals surface area contributed by atoms with E-state index in [4.69, 9.17) is 4.74 Å². The highest BCUT2D eigenvalue weighted by Gasteiger charge is 2.27. The van der Waals surface area contributed by atoms with Crippen LogP contribution in [0.2, 0.25) is 0 Å². The second-order valence-corrected chi connectivity index (χ2v) is 7.01. The number of nitrogens with one attached hydrogen (secondary N) is 2. The number of alkyl carbamates (subject to hydrolysis) is 1. The van der Waals surface area contributed by atoms with Crippen molar-refractivity contribution >= 4 is 23.4 Å². The van der Waals surface area contributed by atoms with Crippen LogP contribution >= 0.6 is 0 Å². The summed E-state index contributed by atoms with van der Waals surface area (Å²) in [5, 5.41) is 15.3. The number of benzene rings is 1. The number of rotatable bonds is 5. The van der Waals surface area contributed by atoms with Gasteiger partial charge in [-0.05, 0) is 38.5 Å². The fraction of sp³-hybridized carbons (Fsp3) is 0.529. The summed E-state index contributed by atoms with van der Waals surface area (Å²) in [5.74, 6) is -0.651. The van der Waals surface area contributed by atoms with E-state index < -0.39 is 23.6 Å². The van der Waals surface area contributed by atoms with Gasteiger partial charge in [0.05, 0.1) is 18.2 Å². The van der Waals surface area contributed by atoms with Crippen molar-refractivity contribution in [3.63, 3.8) is 0 Å². The largest absolute Gasteiger partial charge is 0.444 e. The van der Waals surface area contributed by atoms with Gasteiger partial charge in [0.1, 0.15) is 11.4 Å². The van der Waals surface area contributed by atoms with Crippen molar-refractivity contribution < 1.29 is 23.8 Å². The molecule has 0 radical (unpaired) electrons. The third kappa shape index (κ3) is 5.06. The van der Waals surface area contributed by atoms with Crippen LogP contribution in [0.1, 0.15) is 26.3 Å². The normalized spacial score (nSPS) is 15.0. The molecule has 0 spiro atoms. The molecule has 0 aliphatic carbocycles. The predicted molar refractivity (Wildman–Crippen MR) is 92.2 cm³/mol. The monoisotopic (exact) mass is 353 g/mol. The first-order chi connectivity index (χ1) is 11.6. The van der Waals surface area contributed by atoms with Crippen molar-refractivity contribution in [3.05, 3.63) is 23.5 Å². The van der Waals surface area contributed by atoms with Gasteiger partial charge in [-0.3, -0.25) is 4.79 Å². The molecule has 1 heterocycles. The van der Waals surface area contributed by atoms with Gasteiger partial charge >= 0.3 is 6.09 Å². The molecule has 0 unspecified atom stereocenters. The Morgan fingerprint density at radius 3 is 2.72 bits per heavy atom. The van der Waals surface area contributed by atoms with Gasteiger partial charge in [-0.15, -0.1) is 0 Å². The number of hydrogen-bond acceptors (Lipinski definition) is 5. The molecule has 2 rings (SSSR count). The smallest absolute Gasteiger partial charge is 0.407 e. The number of aliphatic hydroxyl groups excluding tert-OH is 1. The molecule has 0 fully saturated rings. The van der Waals surface area contributed by atoms with Crippen LogP contribution in [-0.2, 0) is 16.0 Å². The molecule has 25 heavy (non-hydrogen) atoms. The second kappa shape index (κ2) is 7.26. The summed E-state index contributed by atoms with van der Waals surface area (Å²) in [7, 11) is 1.54. The average Bonchev–Trinajstić information content (AvgIpc) is 2.76. The molecule has 8 heteroatoms. The quantitative estimate of drug-likeness (QED) is 0.749. The van der Waals surface area contributed by atoms with E-state index in [0.717, 1.165) is 0 Å². The van der Waals surface area contributed by atoms with Gasteiger partial charge in [0, 0.05) is 25.8 Å². The lowest BCUT2D eigenvalue weighted by molar-refractivity contribution is -0.117. The molecule has 0 saturated heterocycles. The Morgan fingerprint density at radius 2 is 2.08 bits per heavy atom. The molecule has 0 bridgehead atoms. The first-order valence-electron chi connectivity index (χ1n) is 8.04. The van der Waals surface area contributed by atoms with Crippen molar-refractivity contribution in [1.82, 2.24) is 5.32 Å². The number of hydrogen-bond donors (Lipinski definition) is 3. The summed E-state index contributed by atoms with van der Waals surface area (Å²) in [6.45, 7) is 5.34. The van der Waals surface area contributed by atoms with E-state index in [1.165, 1.54) is 18.0 Å². The van der Waals surface area contributed by atoms with E-state index in [9.17, 15) is 19.1 Å². The number of amides is 2. The Hall–Kier alpha value is -2.35. The summed E-state index contributed by atoms with van der Waals surface area (Å²) < 4.78 is 19.2. The number of likely N-dealkylation sites (N-methyl/N-ethyl adjacent to an activating group) is 1. The highest BCUT2D eigenvalue weighted by atomic mass is 19.1. The molecule has 3 N–H and O–H groups in total. The van der Waals surface area contributed by atoms with Gasteiger partial charge in [-0.1, -0.05) is 0 Å². The van der Waals surface area contributed by atoms with E-state index in [2.05, 4.69) is 10.6 Å². The van der Waals surface area contributed by atoms with Gasteiger partial charge in [-0.2, -0.15) is 0 Å². The first kappa shape index (κ1) is 19.0. The van der Waals surface area contributed by atoms with Crippen LogP contribution in [0.4, 0.5) is 20.6 Å². The molecule has 2 amide bonds. The van der Waals surface area contributed by atoms with Gasteiger partial charge in [-0.25, -0.2) is 9.18 Å². The number of carbonyl (C=O) groups excluding carboxylic acids is 2. The van der Waals surface area contributed by atoms with Gasteiger partial charge in [0.2, 0.25) is 5.91 Å². The molecule has 0 aromatic heterocycles. The Kier molecular flexibility index (Phi) is 5.52. The Labute approximate surface area is 146 Å². The number of carbonyl (C=O) groups is 2. The lowest BCUT2D eigenvalue weighted by Gasteiger charge is -2.21. The fourth-order valence-electron chi connectivity index (χ4n) is 2.50. The van der Waals surface area contributed by atoms with Crippen LogP contribution in [0.3, 0.4) is 0 Å². The van der Waals surface area contributed by atoms with Gasteiger partial charge < -0.3 is 25.4 Å². The highest BCUT2D eigenvalue weighted by molar-refractivity contribution is 6.01. The Bertz CT molecular complexity index is 673. The molecule has 1 aromatic carbocycles. The molecular weight excluding hydrogens is 329 g/mol. The van der Waals surface area contributed by atoms with Crippen LogP contribution in [-0.4, -0.2) is 48.9 Å². The molecule has 1 aliphatic rings. The lowest BCUT2D eigenvalue weighted by atomic mass is 10.1. The van der Waals surface area contributed by atoms with Crippen molar-refractivity contribution in [1.29, 1.82) is 0 Å². The van der Waals surface area contributed by atoms with Gasteiger partial charge in [0.15, 0.2) is 0 Å². The summed E-state index contributed by atoms with van der Waals surface area (Å²) in [6, 6.07) is 2.97. The minimum atomic E-state index is -0.881. The number of halogens is 1. The zero-order chi connectivity index (χ0) is 18.8. The number of fused-ring (bicyclic) bond motifs is 1. The summed E-state index contributed by atoms with van der Waals surface area (Å²) in [5.41, 5.74) is 0.759. The number of nitrogens with zero attached hydrogens (tertiary/aromatic N) is 1. The maximum Gasteiger partial charge on any atom is 0.407 e. The topological polar surface area (TPSA) is 90.9 Å². The molecule has 138 valence electrons. The van der Waals surface area contributed by atoms with E-state index in [0.29, 0.717) is 16.9 Å².